The molecule has 0 aliphatic heterocycles. The van der Waals surface area contributed by atoms with E-state index in [1.54, 1.807) is 6.07 Å². The van der Waals surface area contributed by atoms with Crippen molar-refractivity contribution in [1.82, 2.24) is 0 Å². The second-order valence-corrected chi connectivity index (χ2v) is 8.88. The zero-order valence-corrected chi connectivity index (χ0v) is 17.7. The van der Waals surface area contributed by atoms with Gasteiger partial charge in [0.1, 0.15) is 11.4 Å². The minimum absolute atomic E-state index is 0.0481. The maximum absolute atomic E-state index is 10.9. The Hall–Kier alpha value is -2.25. The number of aliphatic hydroxyl groups excluding tert-OH is 1. The number of benzene rings is 2. The van der Waals surface area contributed by atoms with Crippen molar-refractivity contribution in [3.05, 3.63) is 70.8 Å². The summed E-state index contributed by atoms with van der Waals surface area (Å²) in [7, 11) is 0. The van der Waals surface area contributed by atoms with Gasteiger partial charge in [-0.2, -0.15) is 0 Å². The summed E-state index contributed by atoms with van der Waals surface area (Å²) in [4.78, 5) is 0. The molecular weight excluding hydrogens is 396 g/mol. The van der Waals surface area contributed by atoms with Gasteiger partial charge in [-0.15, -0.1) is 0 Å². The molecule has 0 aromatic heterocycles. The smallest absolute Gasteiger partial charge is 0.127 e. The minimum atomic E-state index is -1.02. The third kappa shape index (κ3) is 4.01. The van der Waals surface area contributed by atoms with Gasteiger partial charge in [0.05, 0.1) is 6.61 Å². The Morgan fingerprint density at radius 2 is 1.93 bits per heavy atom. The van der Waals surface area contributed by atoms with E-state index in [0.29, 0.717) is 24.5 Å². The molecule has 0 spiro atoms. The lowest BCUT2D eigenvalue weighted by molar-refractivity contribution is -0.00710. The van der Waals surface area contributed by atoms with Gasteiger partial charge >= 0.3 is 0 Å². The lowest BCUT2D eigenvalue weighted by Crippen LogP contribution is -2.49. The monoisotopic (exact) mass is 422 g/mol. The first kappa shape index (κ1) is 21.0. The lowest BCUT2D eigenvalue weighted by Gasteiger charge is -2.52. The summed E-state index contributed by atoms with van der Waals surface area (Å²) in [5, 5.41) is 32.5. The number of hydrogen-bond donors (Lipinski definition) is 3. The molecule has 30 heavy (non-hydrogen) atoms. The van der Waals surface area contributed by atoms with Gasteiger partial charge in [-0.05, 0) is 90.4 Å². The fourth-order valence-electron chi connectivity index (χ4n) is 5.39. The Kier molecular flexibility index (Phi) is 5.93. The molecule has 3 nitrogen and oxygen atoms in total. The first-order chi connectivity index (χ1) is 14.5. The standard InChI is InChI=1S/C26H27ClO3/c27-15-14-25(30)12-13-26(11-1-2-19-3-5-20(18-28)6-4-19)22(17-25)8-7-21-16-23(29)9-10-24(21)26/h1-6,9-10,16,22,28-30H,7-8,11-13,17-18H2/b2-1+/t22-,25+,26-/m1/s1. The molecule has 0 amide bonds. The molecule has 156 valence electrons. The van der Waals surface area contributed by atoms with Crippen LogP contribution in [0.2, 0.25) is 0 Å². The van der Waals surface area contributed by atoms with Crippen LogP contribution in [0, 0.1) is 17.2 Å². The number of phenols is 1. The Bertz CT molecular complexity index is 1000. The van der Waals surface area contributed by atoms with Crippen molar-refractivity contribution < 1.29 is 15.3 Å². The molecule has 2 aromatic carbocycles. The number of aliphatic hydroxyl groups is 2. The van der Waals surface area contributed by atoms with Crippen LogP contribution in [0.3, 0.4) is 0 Å². The molecule has 0 bridgehead atoms. The summed E-state index contributed by atoms with van der Waals surface area (Å²) in [6.07, 6.45) is 9.09. The molecule has 0 saturated heterocycles. The summed E-state index contributed by atoms with van der Waals surface area (Å²) in [5.74, 6) is 3.44. The lowest BCUT2D eigenvalue weighted by atomic mass is 9.53. The number of fused-ring (bicyclic) bond motifs is 3. The first-order valence-electron chi connectivity index (χ1n) is 10.5. The summed E-state index contributed by atoms with van der Waals surface area (Å²) < 4.78 is 0. The normalized spacial score (nSPS) is 27.8. The van der Waals surface area contributed by atoms with E-state index in [1.807, 2.05) is 30.3 Å². The van der Waals surface area contributed by atoms with Crippen LogP contribution in [0.1, 0.15) is 54.4 Å². The molecule has 3 atom stereocenters. The summed E-state index contributed by atoms with van der Waals surface area (Å²) >= 11 is 5.63. The molecule has 4 rings (SSSR count). The molecule has 2 aliphatic carbocycles. The molecular formula is C26H27ClO3. The second-order valence-electron chi connectivity index (χ2n) is 8.69. The van der Waals surface area contributed by atoms with Crippen molar-refractivity contribution in [3.63, 3.8) is 0 Å². The van der Waals surface area contributed by atoms with Crippen LogP contribution < -0.4 is 0 Å². The number of allylic oxidation sites excluding steroid dienone is 1. The number of aryl methyl sites for hydroxylation is 1. The molecule has 0 heterocycles. The third-order valence-corrected chi connectivity index (χ3v) is 7.07. The van der Waals surface area contributed by atoms with Gasteiger partial charge in [0.25, 0.3) is 0 Å². The predicted molar refractivity (Wildman–Crippen MR) is 120 cm³/mol. The van der Waals surface area contributed by atoms with Crippen molar-refractivity contribution in [3.8, 4) is 17.0 Å². The van der Waals surface area contributed by atoms with E-state index in [1.165, 1.54) is 11.1 Å². The number of phenolic OH excluding ortho intramolecular Hbond substituents is 1. The van der Waals surface area contributed by atoms with Gasteiger partial charge in [-0.25, -0.2) is 0 Å². The molecule has 2 aromatic rings. The average Bonchev–Trinajstić information content (AvgIpc) is 2.74. The van der Waals surface area contributed by atoms with E-state index in [0.717, 1.165) is 36.8 Å². The molecule has 0 radical (unpaired) electrons. The van der Waals surface area contributed by atoms with Gasteiger partial charge in [-0.1, -0.05) is 48.4 Å². The zero-order valence-electron chi connectivity index (χ0n) is 16.9. The highest BCUT2D eigenvalue weighted by atomic mass is 35.5. The number of aromatic hydroxyl groups is 1. The Balaban J connectivity index is 1.66. The topological polar surface area (TPSA) is 60.7 Å². The average molecular weight is 423 g/mol. The number of rotatable bonds is 4. The Morgan fingerprint density at radius 3 is 2.67 bits per heavy atom. The Morgan fingerprint density at radius 1 is 1.13 bits per heavy atom. The second kappa shape index (κ2) is 8.47. The van der Waals surface area contributed by atoms with Crippen LogP contribution in [0.5, 0.6) is 5.75 Å². The van der Waals surface area contributed by atoms with Crippen molar-refractivity contribution in [1.29, 1.82) is 0 Å². The van der Waals surface area contributed by atoms with Crippen LogP contribution in [-0.4, -0.2) is 20.9 Å². The van der Waals surface area contributed by atoms with E-state index < -0.39 is 5.60 Å². The fraction of sp³-hybridized carbons (Fsp3) is 0.385. The van der Waals surface area contributed by atoms with Gasteiger partial charge in [0, 0.05) is 10.8 Å². The quantitative estimate of drug-likeness (QED) is 0.614. The molecule has 2 aliphatic rings. The fourth-order valence-corrected chi connectivity index (χ4v) is 5.57. The SMILES string of the molecule is OCc1ccc(/C=C/C[C@@]23CC[C@](O)(C#CCl)C[C@H]2CCc2cc(O)ccc23)cc1. The van der Waals surface area contributed by atoms with Crippen molar-refractivity contribution in [2.24, 2.45) is 5.92 Å². The minimum Gasteiger partial charge on any atom is -0.508 e. The maximum atomic E-state index is 10.9. The third-order valence-electron chi connectivity index (χ3n) is 6.97. The van der Waals surface area contributed by atoms with Crippen LogP contribution in [0.4, 0.5) is 0 Å². The molecule has 3 N–H and O–H groups in total. The number of hydrogen-bond acceptors (Lipinski definition) is 3. The van der Waals surface area contributed by atoms with Crippen molar-refractivity contribution >= 4 is 17.7 Å². The maximum Gasteiger partial charge on any atom is 0.127 e. The molecule has 1 saturated carbocycles. The highest BCUT2D eigenvalue weighted by Gasteiger charge is 2.50. The van der Waals surface area contributed by atoms with Crippen LogP contribution >= 0.6 is 11.6 Å². The van der Waals surface area contributed by atoms with Crippen LogP contribution in [-0.2, 0) is 18.4 Å². The van der Waals surface area contributed by atoms with Gasteiger partial charge in [-0.3, -0.25) is 0 Å². The molecule has 1 fully saturated rings. The van der Waals surface area contributed by atoms with Gasteiger partial charge < -0.3 is 15.3 Å². The van der Waals surface area contributed by atoms with Crippen molar-refractivity contribution in [2.45, 2.75) is 56.1 Å². The summed E-state index contributed by atoms with van der Waals surface area (Å²) in [5.41, 5.74) is 3.40. The van der Waals surface area contributed by atoms with Gasteiger partial charge in [0.2, 0.25) is 0 Å². The predicted octanol–water partition coefficient (Wildman–Crippen LogP) is 4.90. The molecule has 4 heteroatoms. The highest BCUT2D eigenvalue weighted by molar-refractivity contribution is 6.30. The van der Waals surface area contributed by atoms with Gasteiger partial charge in [0.15, 0.2) is 0 Å². The summed E-state index contributed by atoms with van der Waals surface area (Å²) in [6.45, 7) is 0.0481. The highest BCUT2D eigenvalue weighted by Crippen LogP contribution is 2.55. The van der Waals surface area contributed by atoms with E-state index in [-0.39, 0.29) is 12.0 Å². The largest absolute Gasteiger partial charge is 0.508 e. The van der Waals surface area contributed by atoms with Crippen LogP contribution in [0.25, 0.3) is 6.08 Å². The number of halogens is 1. The van der Waals surface area contributed by atoms with Crippen LogP contribution in [0.15, 0.2) is 48.5 Å². The van der Waals surface area contributed by atoms with E-state index in [2.05, 4.69) is 29.5 Å². The van der Waals surface area contributed by atoms with Crippen molar-refractivity contribution in [2.75, 3.05) is 0 Å². The molecule has 0 unspecified atom stereocenters. The van der Waals surface area contributed by atoms with E-state index >= 15 is 0 Å². The van der Waals surface area contributed by atoms with E-state index in [9.17, 15) is 15.3 Å². The first-order valence-corrected chi connectivity index (χ1v) is 10.9. The zero-order chi connectivity index (χ0) is 21.2. The Labute approximate surface area is 183 Å². The van der Waals surface area contributed by atoms with E-state index in [4.69, 9.17) is 11.6 Å². The summed E-state index contributed by atoms with van der Waals surface area (Å²) in [6, 6.07) is 13.6.